The molecule has 1 N–H and O–H groups in total. The average molecular weight is 397 g/mol. The largest absolute Gasteiger partial charge is 0.453 e. The van der Waals surface area contributed by atoms with Gasteiger partial charge in [-0.2, -0.15) is 10.1 Å². The monoisotopic (exact) mass is 397 g/mol. The molecule has 1 aliphatic heterocycles. The van der Waals surface area contributed by atoms with E-state index in [-0.39, 0.29) is 24.2 Å². The number of ether oxygens (including phenoxy) is 1. The summed E-state index contributed by atoms with van der Waals surface area (Å²) in [5.74, 6) is 1.33. The zero-order valence-electron chi connectivity index (χ0n) is 16.2. The number of fused-ring (bicyclic) bond motifs is 1. The quantitative estimate of drug-likeness (QED) is 0.724. The van der Waals surface area contributed by atoms with E-state index in [0.717, 1.165) is 42.1 Å². The number of aliphatic hydroxyl groups excluding tert-OH is 1. The lowest BCUT2D eigenvalue weighted by atomic mass is 9.89. The molecule has 9 nitrogen and oxygen atoms in total. The van der Waals surface area contributed by atoms with Gasteiger partial charge in [0.05, 0.1) is 31.0 Å². The fourth-order valence-corrected chi connectivity index (χ4v) is 4.19. The lowest BCUT2D eigenvalue weighted by molar-refractivity contribution is 0.0453. The second-order valence-corrected chi connectivity index (χ2v) is 7.83. The molecule has 2 aromatic heterocycles. The number of likely N-dealkylation sites (tertiary alicyclic amines) is 1. The first-order valence-corrected chi connectivity index (χ1v) is 9.94. The molecule has 0 radical (unpaired) electrons. The molecule has 2 aliphatic rings. The van der Waals surface area contributed by atoms with Crippen molar-refractivity contribution in [1.29, 1.82) is 0 Å². The maximum Gasteiger partial charge on any atom is 0.409 e. The summed E-state index contributed by atoms with van der Waals surface area (Å²) in [6, 6.07) is 6.21. The van der Waals surface area contributed by atoms with Crippen LogP contribution in [0.25, 0.3) is 22.4 Å². The first-order valence-electron chi connectivity index (χ1n) is 9.94. The Hall–Kier alpha value is -2.94. The van der Waals surface area contributed by atoms with E-state index in [1.807, 2.05) is 29.1 Å². The molecule has 1 amide bonds. The molecule has 29 heavy (non-hydrogen) atoms. The topological polar surface area (TPSA) is 107 Å². The van der Waals surface area contributed by atoms with Gasteiger partial charge < -0.3 is 19.3 Å². The molecular weight excluding hydrogens is 374 g/mol. The standard InChI is InChI=1S/C20H23N5O4/c1-28-20(27)24-6-4-12(5-7-24)18-22-19(29-23-18)13-2-3-14-11-21-25(17(14)8-13)15-9-16(26)10-15/h2-3,8,11-12,15-16,26H,4-7,9-10H2,1H3/t15-,16+. The van der Waals surface area contributed by atoms with Crippen LogP contribution >= 0.6 is 0 Å². The highest BCUT2D eigenvalue weighted by Gasteiger charge is 2.31. The molecule has 1 saturated heterocycles. The van der Waals surface area contributed by atoms with Crippen molar-refractivity contribution in [2.45, 2.75) is 43.7 Å². The molecule has 3 aromatic rings. The number of amides is 1. The van der Waals surface area contributed by atoms with E-state index in [9.17, 15) is 9.90 Å². The second kappa shape index (κ2) is 7.14. The Morgan fingerprint density at radius 2 is 2.07 bits per heavy atom. The van der Waals surface area contributed by atoms with Crippen molar-refractivity contribution in [3.63, 3.8) is 0 Å². The molecule has 0 atom stereocenters. The zero-order valence-corrected chi connectivity index (χ0v) is 16.2. The zero-order chi connectivity index (χ0) is 20.0. The third-order valence-electron chi connectivity index (χ3n) is 6.01. The van der Waals surface area contributed by atoms with Gasteiger partial charge in [-0.3, -0.25) is 4.68 Å². The summed E-state index contributed by atoms with van der Waals surface area (Å²) in [4.78, 5) is 18.0. The predicted octanol–water partition coefficient (Wildman–Crippen LogP) is 2.73. The summed E-state index contributed by atoms with van der Waals surface area (Å²) in [5.41, 5.74) is 1.86. The van der Waals surface area contributed by atoms with Gasteiger partial charge in [-0.05, 0) is 37.8 Å². The van der Waals surface area contributed by atoms with Crippen molar-refractivity contribution in [2.75, 3.05) is 20.2 Å². The third-order valence-corrected chi connectivity index (χ3v) is 6.01. The minimum absolute atomic E-state index is 0.166. The van der Waals surface area contributed by atoms with E-state index in [4.69, 9.17) is 9.26 Å². The Labute approximate surface area is 167 Å². The van der Waals surface area contributed by atoms with E-state index in [2.05, 4.69) is 15.2 Å². The van der Waals surface area contributed by atoms with Crippen molar-refractivity contribution in [2.24, 2.45) is 0 Å². The minimum Gasteiger partial charge on any atom is -0.453 e. The second-order valence-electron chi connectivity index (χ2n) is 7.83. The minimum atomic E-state index is -0.291. The number of methoxy groups -OCH3 is 1. The van der Waals surface area contributed by atoms with Crippen LogP contribution in [0.5, 0.6) is 0 Å². The maximum absolute atomic E-state index is 11.6. The van der Waals surface area contributed by atoms with Gasteiger partial charge in [0.2, 0.25) is 0 Å². The smallest absolute Gasteiger partial charge is 0.409 e. The van der Waals surface area contributed by atoms with E-state index in [1.165, 1.54) is 7.11 Å². The van der Waals surface area contributed by atoms with Gasteiger partial charge in [0, 0.05) is 30.0 Å². The Morgan fingerprint density at radius 1 is 1.28 bits per heavy atom. The van der Waals surface area contributed by atoms with Crippen LogP contribution < -0.4 is 0 Å². The van der Waals surface area contributed by atoms with Crippen LogP contribution in [0.3, 0.4) is 0 Å². The number of hydrogen-bond donors (Lipinski definition) is 1. The normalized spacial score (nSPS) is 22.6. The van der Waals surface area contributed by atoms with E-state index < -0.39 is 0 Å². The highest BCUT2D eigenvalue weighted by molar-refractivity contribution is 5.83. The molecule has 1 aliphatic carbocycles. The summed E-state index contributed by atoms with van der Waals surface area (Å²) >= 11 is 0. The Bertz CT molecular complexity index is 1030. The molecule has 1 aromatic carbocycles. The average Bonchev–Trinajstić information content (AvgIpc) is 3.38. The van der Waals surface area contributed by atoms with Crippen LogP contribution in [0.2, 0.25) is 0 Å². The summed E-state index contributed by atoms with van der Waals surface area (Å²) in [6.07, 6.45) is 4.35. The molecule has 152 valence electrons. The fraction of sp³-hybridized carbons (Fsp3) is 0.500. The van der Waals surface area contributed by atoms with Crippen molar-refractivity contribution in [3.05, 3.63) is 30.2 Å². The fourth-order valence-electron chi connectivity index (χ4n) is 4.19. The van der Waals surface area contributed by atoms with Gasteiger partial charge in [0.1, 0.15) is 0 Å². The number of piperidine rings is 1. The highest BCUT2D eigenvalue weighted by atomic mass is 16.5. The van der Waals surface area contributed by atoms with Gasteiger partial charge >= 0.3 is 6.09 Å². The highest BCUT2D eigenvalue weighted by Crippen LogP contribution is 2.35. The van der Waals surface area contributed by atoms with Crippen LogP contribution in [0.1, 0.15) is 43.5 Å². The molecule has 1 saturated carbocycles. The number of hydrogen-bond acceptors (Lipinski definition) is 7. The Balaban J connectivity index is 1.35. The summed E-state index contributed by atoms with van der Waals surface area (Å²) < 4.78 is 12.3. The molecule has 2 fully saturated rings. The predicted molar refractivity (Wildman–Crippen MR) is 103 cm³/mol. The number of aromatic nitrogens is 4. The van der Waals surface area contributed by atoms with Crippen LogP contribution in [0, 0.1) is 0 Å². The number of rotatable bonds is 3. The lowest BCUT2D eigenvalue weighted by Crippen LogP contribution is -2.37. The molecular formula is C20H23N5O4. The van der Waals surface area contributed by atoms with Crippen LogP contribution in [-0.2, 0) is 4.74 Å². The number of nitrogens with zero attached hydrogens (tertiary/aromatic N) is 5. The Morgan fingerprint density at radius 3 is 2.79 bits per heavy atom. The molecule has 5 rings (SSSR count). The maximum atomic E-state index is 11.6. The molecule has 0 spiro atoms. The van der Waals surface area contributed by atoms with Crippen LogP contribution in [-0.4, -0.2) is 62.3 Å². The van der Waals surface area contributed by atoms with Crippen molar-refractivity contribution in [1.82, 2.24) is 24.8 Å². The number of carbonyl (C=O) groups is 1. The third kappa shape index (κ3) is 3.25. The van der Waals surface area contributed by atoms with Gasteiger partial charge in [-0.15, -0.1) is 0 Å². The molecule has 3 heterocycles. The summed E-state index contributed by atoms with van der Waals surface area (Å²) in [7, 11) is 1.40. The van der Waals surface area contributed by atoms with Crippen LogP contribution in [0.15, 0.2) is 28.9 Å². The van der Waals surface area contributed by atoms with Gasteiger partial charge in [0.15, 0.2) is 5.82 Å². The van der Waals surface area contributed by atoms with Crippen molar-refractivity contribution >= 4 is 17.0 Å². The SMILES string of the molecule is COC(=O)N1CCC(c2noc(-c3ccc4cnn([C@H]5C[C@@H](O)C5)c4c3)n2)CC1. The number of benzene rings is 1. The van der Waals surface area contributed by atoms with E-state index in [0.29, 0.717) is 24.8 Å². The van der Waals surface area contributed by atoms with E-state index in [1.54, 1.807) is 4.90 Å². The van der Waals surface area contributed by atoms with Crippen LogP contribution in [0.4, 0.5) is 4.79 Å². The lowest BCUT2D eigenvalue weighted by Gasteiger charge is -2.31. The van der Waals surface area contributed by atoms with Gasteiger partial charge in [-0.1, -0.05) is 11.2 Å². The molecule has 0 bridgehead atoms. The first kappa shape index (κ1) is 18.1. The molecule has 0 unspecified atom stereocenters. The number of carbonyl (C=O) groups excluding carboxylic acids is 1. The summed E-state index contributed by atoms with van der Waals surface area (Å²) in [6.45, 7) is 1.25. The van der Waals surface area contributed by atoms with Gasteiger partial charge in [-0.25, -0.2) is 4.79 Å². The summed E-state index contributed by atoms with van der Waals surface area (Å²) in [5, 5.41) is 19.3. The Kier molecular flexibility index (Phi) is 4.46. The van der Waals surface area contributed by atoms with Crippen molar-refractivity contribution < 1.29 is 19.2 Å². The molecule has 9 heteroatoms. The van der Waals surface area contributed by atoms with Gasteiger partial charge in [0.25, 0.3) is 5.89 Å². The first-order chi connectivity index (χ1) is 14.1. The van der Waals surface area contributed by atoms with E-state index >= 15 is 0 Å². The number of aliphatic hydroxyl groups is 1. The van der Waals surface area contributed by atoms with Crippen molar-refractivity contribution in [3.8, 4) is 11.5 Å².